The van der Waals surface area contributed by atoms with Gasteiger partial charge in [-0.3, -0.25) is 4.79 Å². The molecular formula is C15H20FNO2. The second-order valence-electron chi connectivity index (χ2n) is 5.42. The largest absolute Gasteiger partial charge is 0.494 e. The van der Waals surface area contributed by atoms with Crippen LogP contribution in [0.2, 0.25) is 0 Å². The molecule has 0 saturated carbocycles. The summed E-state index contributed by atoms with van der Waals surface area (Å²) in [5.41, 5.74) is 0.0109. The van der Waals surface area contributed by atoms with Crippen molar-refractivity contribution in [2.75, 3.05) is 20.2 Å². The Hall–Kier alpha value is -1.42. The molecular weight excluding hydrogens is 245 g/mol. The summed E-state index contributed by atoms with van der Waals surface area (Å²) in [7, 11) is 1.41. The fraction of sp³-hybridized carbons (Fsp3) is 0.533. The second-order valence-corrected chi connectivity index (χ2v) is 5.42. The molecule has 1 aromatic rings. The summed E-state index contributed by atoms with van der Waals surface area (Å²) >= 11 is 0. The Labute approximate surface area is 113 Å². The number of hydrogen-bond donors (Lipinski definition) is 1. The number of ketones is 1. The lowest BCUT2D eigenvalue weighted by atomic mass is 9.71. The van der Waals surface area contributed by atoms with Crippen LogP contribution in [0.15, 0.2) is 18.2 Å². The maximum Gasteiger partial charge on any atom is 0.170 e. The van der Waals surface area contributed by atoms with Crippen molar-refractivity contribution >= 4 is 5.78 Å². The van der Waals surface area contributed by atoms with Crippen molar-refractivity contribution < 1.29 is 13.9 Å². The lowest BCUT2D eigenvalue weighted by molar-refractivity contribution is 0.0739. The minimum absolute atomic E-state index is 0.0223. The molecule has 0 bridgehead atoms. The predicted octanol–water partition coefficient (Wildman–Crippen LogP) is 2.65. The molecule has 1 N–H and O–H groups in total. The average Bonchev–Trinajstić information content (AvgIpc) is 2.88. The third kappa shape index (κ3) is 2.37. The Morgan fingerprint density at radius 1 is 1.47 bits per heavy atom. The predicted molar refractivity (Wildman–Crippen MR) is 72.0 cm³/mol. The summed E-state index contributed by atoms with van der Waals surface area (Å²) in [6.07, 6.45) is 0.803. The van der Waals surface area contributed by atoms with Crippen molar-refractivity contribution in [1.82, 2.24) is 5.32 Å². The summed E-state index contributed by atoms with van der Waals surface area (Å²) in [5.74, 6) is -0.0767. The van der Waals surface area contributed by atoms with Gasteiger partial charge in [-0.15, -0.1) is 0 Å². The summed E-state index contributed by atoms with van der Waals surface area (Å²) in [5, 5.41) is 3.24. The first kappa shape index (κ1) is 14.0. The molecule has 0 aromatic heterocycles. The first-order valence-corrected chi connectivity index (χ1v) is 6.60. The molecule has 19 heavy (non-hydrogen) atoms. The van der Waals surface area contributed by atoms with E-state index in [2.05, 4.69) is 5.32 Å². The van der Waals surface area contributed by atoms with Crippen LogP contribution in [-0.4, -0.2) is 26.0 Å². The number of halogens is 1. The molecule has 0 amide bonds. The van der Waals surface area contributed by atoms with E-state index in [1.165, 1.54) is 19.2 Å². The van der Waals surface area contributed by atoms with E-state index >= 15 is 0 Å². The quantitative estimate of drug-likeness (QED) is 0.851. The standard InChI is InChI=1S/C15H20FNO2/c1-10(2)15(6-7-17-9-15)14(18)11-4-5-13(19-3)12(16)8-11/h4-5,8,10,17H,6-7,9H2,1-3H3. The molecule has 0 aliphatic carbocycles. The Kier molecular flexibility index (Phi) is 3.90. The molecule has 1 unspecified atom stereocenters. The fourth-order valence-corrected chi connectivity index (χ4v) is 2.76. The van der Waals surface area contributed by atoms with Crippen LogP contribution in [0.1, 0.15) is 30.6 Å². The molecule has 104 valence electrons. The number of ether oxygens (including phenoxy) is 1. The average molecular weight is 265 g/mol. The van der Waals surface area contributed by atoms with Crippen LogP contribution in [0.4, 0.5) is 4.39 Å². The van der Waals surface area contributed by atoms with E-state index in [1.807, 2.05) is 13.8 Å². The molecule has 0 spiro atoms. The van der Waals surface area contributed by atoms with E-state index in [1.54, 1.807) is 6.07 Å². The van der Waals surface area contributed by atoms with Crippen LogP contribution in [-0.2, 0) is 0 Å². The normalized spacial score (nSPS) is 22.8. The molecule has 1 fully saturated rings. The molecule has 4 heteroatoms. The van der Waals surface area contributed by atoms with Crippen molar-refractivity contribution in [1.29, 1.82) is 0 Å². The van der Waals surface area contributed by atoms with Crippen molar-refractivity contribution in [3.05, 3.63) is 29.6 Å². The van der Waals surface area contributed by atoms with E-state index in [9.17, 15) is 9.18 Å². The van der Waals surface area contributed by atoms with Gasteiger partial charge in [-0.25, -0.2) is 4.39 Å². The van der Waals surface area contributed by atoms with Crippen molar-refractivity contribution in [3.63, 3.8) is 0 Å². The lowest BCUT2D eigenvalue weighted by Gasteiger charge is -2.31. The lowest BCUT2D eigenvalue weighted by Crippen LogP contribution is -2.38. The molecule has 2 rings (SSSR count). The number of hydrogen-bond acceptors (Lipinski definition) is 3. The zero-order valence-electron chi connectivity index (χ0n) is 11.6. The monoisotopic (exact) mass is 265 g/mol. The highest BCUT2D eigenvalue weighted by molar-refractivity contribution is 6.01. The minimum Gasteiger partial charge on any atom is -0.494 e. The SMILES string of the molecule is COc1ccc(C(=O)C2(C(C)C)CCNC2)cc1F. The zero-order valence-corrected chi connectivity index (χ0v) is 11.6. The van der Waals surface area contributed by atoms with E-state index in [0.717, 1.165) is 13.0 Å². The summed E-state index contributed by atoms with van der Waals surface area (Å²) < 4.78 is 18.6. The minimum atomic E-state index is -0.488. The Morgan fingerprint density at radius 3 is 2.68 bits per heavy atom. The summed E-state index contributed by atoms with van der Waals surface area (Å²) in [4.78, 5) is 12.7. The Morgan fingerprint density at radius 2 is 2.21 bits per heavy atom. The molecule has 1 saturated heterocycles. The Bertz CT molecular complexity index is 479. The third-order valence-corrected chi connectivity index (χ3v) is 4.16. The maximum atomic E-state index is 13.7. The van der Waals surface area contributed by atoms with Gasteiger partial charge < -0.3 is 10.1 Å². The van der Waals surface area contributed by atoms with Crippen LogP contribution < -0.4 is 10.1 Å². The van der Waals surface area contributed by atoms with E-state index in [-0.39, 0.29) is 17.5 Å². The molecule has 0 radical (unpaired) electrons. The van der Waals surface area contributed by atoms with Crippen LogP contribution in [0.3, 0.4) is 0 Å². The van der Waals surface area contributed by atoms with E-state index in [0.29, 0.717) is 12.1 Å². The van der Waals surface area contributed by atoms with E-state index in [4.69, 9.17) is 4.74 Å². The first-order valence-electron chi connectivity index (χ1n) is 6.60. The number of Topliss-reactive ketones (excluding diaryl/α,β-unsaturated/α-hetero) is 1. The molecule has 1 aliphatic rings. The van der Waals surface area contributed by atoms with Crippen LogP contribution in [0.5, 0.6) is 5.75 Å². The van der Waals surface area contributed by atoms with Crippen molar-refractivity contribution in [2.24, 2.45) is 11.3 Å². The highest BCUT2D eigenvalue weighted by Gasteiger charge is 2.44. The smallest absolute Gasteiger partial charge is 0.170 e. The van der Waals surface area contributed by atoms with E-state index < -0.39 is 11.2 Å². The highest BCUT2D eigenvalue weighted by Crippen LogP contribution is 2.38. The van der Waals surface area contributed by atoms with Gasteiger partial charge in [0.25, 0.3) is 0 Å². The van der Waals surface area contributed by atoms with Gasteiger partial charge in [-0.05, 0) is 37.1 Å². The zero-order chi connectivity index (χ0) is 14.0. The molecule has 3 nitrogen and oxygen atoms in total. The molecule has 1 atom stereocenters. The number of carbonyl (C=O) groups excluding carboxylic acids is 1. The highest BCUT2D eigenvalue weighted by atomic mass is 19.1. The molecule has 1 heterocycles. The van der Waals surface area contributed by atoms with Gasteiger partial charge in [0.1, 0.15) is 0 Å². The third-order valence-electron chi connectivity index (χ3n) is 4.16. The summed E-state index contributed by atoms with van der Waals surface area (Å²) in [6.45, 7) is 5.59. The van der Waals surface area contributed by atoms with Gasteiger partial charge in [-0.1, -0.05) is 13.8 Å². The van der Waals surface area contributed by atoms with Crippen LogP contribution in [0.25, 0.3) is 0 Å². The number of nitrogens with one attached hydrogen (secondary N) is 1. The van der Waals surface area contributed by atoms with Crippen LogP contribution in [0, 0.1) is 17.2 Å². The van der Waals surface area contributed by atoms with Gasteiger partial charge in [0.05, 0.1) is 7.11 Å². The van der Waals surface area contributed by atoms with Gasteiger partial charge in [0, 0.05) is 17.5 Å². The van der Waals surface area contributed by atoms with Crippen LogP contribution >= 0.6 is 0 Å². The number of carbonyl (C=O) groups is 1. The molecule has 1 aromatic carbocycles. The first-order chi connectivity index (χ1) is 9.01. The summed E-state index contributed by atoms with van der Waals surface area (Å²) in [6, 6.07) is 4.44. The maximum absolute atomic E-state index is 13.7. The Balaban J connectivity index is 2.35. The topological polar surface area (TPSA) is 38.3 Å². The fourth-order valence-electron chi connectivity index (χ4n) is 2.76. The number of methoxy groups -OCH3 is 1. The van der Waals surface area contributed by atoms with Gasteiger partial charge in [0.15, 0.2) is 17.3 Å². The molecule has 1 aliphatic heterocycles. The number of benzene rings is 1. The van der Waals surface area contributed by atoms with Gasteiger partial charge in [-0.2, -0.15) is 0 Å². The number of rotatable bonds is 4. The van der Waals surface area contributed by atoms with Gasteiger partial charge >= 0.3 is 0 Å². The van der Waals surface area contributed by atoms with Gasteiger partial charge in [0.2, 0.25) is 0 Å². The second kappa shape index (κ2) is 5.29. The van der Waals surface area contributed by atoms with Crippen molar-refractivity contribution in [3.8, 4) is 5.75 Å². The van der Waals surface area contributed by atoms with Crippen molar-refractivity contribution in [2.45, 2.75) is 20.3 Å².